The Morgan fingerprint density at radius 1 is 1.23 bits per heavy atom. The van der Waals surface area contributed by atoms with Crippen LogP contribution >= 0.6 is 27.5 Å². The highest BCUT2D eigenvalue weighted by atomic mass is 79.9. The molecule has 0 aliphatic carbocycles. The van der Waals surface area contributed by atoms with E-state index in [1.165, 1.54) is 4.90 Å². The van der Waals surface area contributed by atoms with E-state index in [0.29, 0.717) is 17.3 Å². The summed E-state index contributed by atoms with van der Waals surface area (Å²) in [7, 11) is 1.54. The molecule has 0 aromatic heterocycles. The third kappa shape index (κ3) is 5.75. The maximum absolute atomic E-state index is 12.7. The molecule has 0 bridgehead atoms. The predicted octanol–water partition coefficient (Wildman–Crippen LogP) is 3.64. The Labute approximate surface area is 166 Å². The molecule has 0 saturated carbocycles. The van der Waals surface area contributed by atoms with Crippen LogP contribution in [0.1, 0.15) is 12.5 Å². The fourth-order valence-electron chi connectivity index (χ4n) is 2.41. The molecule has 2 aromatic rings. The van der Waals surface area contributed by atoms with Gasteiger partial charge < -0.3 is 15.0 Å². The monoisotopic (exact) mass is 438 g/mol. The Hall–Kier alpha value is -2.05. The molecule has 1 N–H and O–H groups in total. The van der Waals surface area contributed by atoms with Crippen molar-refractivity contribution >= 4 is 39.3 Å². The zero-order valence-electron chi connectivity index (χ0n) is 14.5. The summed E-state index contributed by atoms with van der Waals surface area (Å²) in [6.07, 6.45) is 0. The second-order valence-electron chi connectivity index (χ2n) is 5.69. The SMILES string of the molecule is CNC(=O)[C@H](C)N(Cc1cccc(Br)c1)C(=O)COc1cccc(Cl)c1. The van der Waals surface area contributed by atoms with Gasteiger partial charge >= 0.3 is 0 Å². The Morgan fingerprint density at radius 2 is 1.96 bits per heavy atom. The highest BCUT2D eigenvalue weighted by Crippen LogP contribution is 2.18. The number of nitrogens with one attached hydrogen (secondary N) is 1. The quantitative estimate of drug-likeness (QED) is 0.716. The lowest BCUT2D eigenvalue weighted by molar-refractivity contribution is -0.142. The Morgan fingerprint density at radius 3 is 2.62 bits per heavy atom. The summed E-state index contributed by atoms with van der Waals surface area (Å²) in [6, 6.07) is 13.8. The molecule has 2 aromatic carbocycles. The van der Waals surface area contributed by atoms with Crippen molar-refractivity contribution in [3.63, 3.8) is 0 Å². The maximum atomic E-state index is 12.7. The first-order chi connectivity index (χ1) is 12.4. The van der Waals surface area contributed by atoms with Gasteiger partial charge in [-0.1, -0.05) is 45.7 Å². The first kappa shape index (κ1) is 20.3. The number of rotatable bonds is 7. The molecule has 0 saturated heterocycles. The number of ether oxygens (including phenoxy) is 1. The molecule has 26 heavy (non-hydrogen) atoms. The Kier molecular flexibility index (Phi) is 7.48. The van der Waals surface area contributed by atoms with E-state index in [-0.39, 0.29) is 18.4 Å². The standard InChI is InChI=1S/C19H20BrClN2O3/c1-13(19(25)22-2)23(11-14-5-3-6-15(20)9-14)18(24)12-26-17-8-4-7-16(21)10-17/h3-10,13H,11-12H2,1-2H3,(H,22,25)/t13-/m0/s1. The minimum Gasteiger partial charge on any atom is -0.484 e. The minimum atomic E-state index is -0.630. The van der Waals surface area contributed by atoms with Crippen molar-refractivity contribution in [2.45, 2.75) is 19.5 Å². The molecule has 0 spiro atoms. The van der Waals surface area contributed by atoms with E-state index in [0.717, 1.165) is 10.0 Å². The van der Waals surface area contributed by atoms with Crippen LogP contribution in [0.2, 0.25) is 5.02 Å². The van der Waals surface area contributed by atoms with Gasteiger partial charge in [-0.25, -0.2) is 0 Å². The first-order valence-corrected chi connectivity index (χ1v) is 9.21. The van der Waals surface area contributed by atoms with Crippen LogP contribution in [0.15, 0.2) is 53.0 Å². The fraction of sp³-hybridized carbons (Fsp3) is 0.263. The van der Waals surface area contributed by atoms with Gasteiger partial charge in [0, 0.05) is 23.1 Å². The predicted molar refractivity (Wildman–Crippen MR) is 105 cm³/mol. The molecular weight excluding hydrogens is 420 g/mol. The molecule has 0 radical (unpaired) electrons. The van der Waals surface area contributed by atoms with Crippen molar-refractivity contribution in [3.8, 4) is 5.75 Å². The van der Waals surface area contributed by atoms with E-state index in [1.54, 1.807) is 38.2 Å². The van der Waals surface area contributed by atoms with Crippen LogP contribution in [-0.4, -0.2) is 36.4 Å². The number of likely N-dealkylation sites (N-methyl/N-ethyl adjacent to an activating group) is 1. The highest BCUT2D eigenvalue weighted by molar-refractivity contribution is 9.10. The molecule has 0 aliphatic heterocycles. The van der Waals surface area contributed by atoms with Gasteiger partial charge in [-0.15, -0.1) is 0 Å². The minimum absolute atomic E-state index is 0.185. The smallest absolute Gasteiger partial charge is 0.261 e. The van der Waals surface area contributed by atoms with Crippen LogP contribution in [0, 0.1) is 0 Å². The van der Waals surface area contributed by atoms with Crippen LogP contribution in [-0.2, 0) is 16.1 Å². The molecule has 138 valence electrons. The largest absolute Gasteiger partial charge is 0.484 e. The number of carbonyl (C=O) groups excluding carboxylic acids is 2. The van der Waals surface area contributed by atoms with E-state index in [4.69, 9.17) is 16.3 Å². The zero-order valence-corrected chi connectivity index (χ0v) is 16.9. The highest BCUT2D eigenvalue weighted by Gasteiger charge is 2.25. The normalized spacial score (nSPS) is 11.5. The van der Waals surface area contributed by atoms with Crippen LogP contribution in [0.5, 0.6) is 5.75 Å². The van der Waals surface area contributed by atoms with Crippen molar-refractivity contribution in [2.24, 2.45) is 0 Å². The van der Waals surface area contributed by atoms with E-state index >= 15 is 0 Å². The van der Waals surface area contributed by atoms with Gasteiger partial charge in [0.2, 0.25) is 5.91 Å². The van der Waals surface area contributed by atoms with E-state index in [9.17, 15) is 9.59 Å². The number of halogens is 2. The molecule has 1 atom stereocenters. The molecule has 2 rings (SSSR count). The summed E-state index contributed by atoms with van der Waals surface area (Å²) in [6.45, 7) is 1.80. The molecule has 0 unspecified atom stereocenters. The van der Waals surface area contributed by atoms with Gasteiger partial charge in [0.15, 0.2) is 6.61 Å². The number of nitrogens with zero attached hydrogens (tertiary/aromatic N) is 1. The fourth-order valence-corrected chi connectivity index (χ4v) is 3.04. The van der Waals surface area contributed by atoms with Crippen molar-refractivity contribution in [2.75, 3.05) is 13.7 Å². The number of hydrogen-bond acceptors (Lipinski definition) is 3. The summed E-state index contributed by atoms with van der Waals surface area (Å²) in [5.74, 6) is -0.0296. The van der Waals surface area contributed by atoms with E-state index in [2.05, 4.69) is 21.2 Å². The van der Waals surface area contributed by atoms with Gasteiger partial charge in [0.1, 0.15) is 11.8 Å². The van der Waals surface area contributed by atoms with Crippen molar-refractivity contribution in [1.82, 2.24) is 10.2 Å². The zero-order chi connectivity index (χ0) is 19.1. The number of benzene rings is 2. The van der Waals surface area contributed by atoms with Crippen molar-refractivity contribution < 1.29 is 14.3 Å². The van der Waals surface area contributed by atoms with Gasteiger partial charge in [0.05, 0.1) is 0 Å². The third-order valence-electron chi connectivity index (χ3n) is 3.81. The van der Waals surface area contributed by atoms with Crippen LogP contribution in [0.25, 0.3) is 0 Å². The number of hydrogen-bond donors (Lipinski definition) is 1. The Balaban J connectivity index is 2.13. The van der Waals surface area contributed by atoms with Gasteiger partial charge in [-0.3, -0.25) is 9.59 Å². The van der Waals surface area contributed by atoms with E-state index < -0.39 is 6.04 Å². The van der Waals surface area contributed by atoms with Crippen LogP contribution in [0.3, 0.4) is 0 Å². The lowest BCUT2D eigenvalue weighted by atomic mass is 10.1. The number of amides is 2. The Bertz CT molecular complexity index is 785. The maximum Gasteiger partial charge on any atom is 0.261 e. The van der Waals surface area contributed by atoms with Crippen LogP contribution in [0.4, 0.5) is 0 Å². The lowest BCUT2D eigenvalue weighted by Gasteiger charge is -2.28. The van der Waals surface area contributed by atoms with E-state index in [1.807, 2.05) is 24.3 Å². The van der Waals surface area contributed by atoms with Gasteiger partial charge in [0.25, 0.3) is 5.91 Å². The molecular formula is C19H20BrClN2O3. The topological polar surface area (TPSA) is 58.6 Å². The summed E-state index contributed by atoms with van der Waals surface area (Å²) in [5.41, 5.74) is 0.909. The molecule has 0 heterocycles. The third-order valence-corrected chi connectivity index (χ3v) is 4.54. The second kappa shape index (κ2) is 9.59. The second-order valence-corrected chi connectivity index (χ2v) is 7.04. The first-order valence-electron chi connectivity index (χ1n) is 8.04. The summed E-state index contributed by atoms with van der Waals surface area (Å²) >= 11 is 9.34. The van der Waals surface area contributed by atoms with Crippen LogP contribution < -0.4 is 10.1 Å². The van der Waals surface area contributed by atoms with Crippen molar-refractivity contribution in [1.29, 1.82) is 0 Å². The lowest BCUT2D eigenvalue weighted by Crippen LogP contribution is -2.48. The van der Waals surface area contributed by atoms with Crippen molar-refractivity contribution in [3.05, 3.63) is 63.6 Å². The summed E-state index contributed by atoms with van der Waals surface area (Å²) < 4.78 is 6.45. The molecule has 7 heteroatoms. The average Bonchev–Trinajstić information content (AvgIpc) is 2.63. The molecule has 2 amide bonds. The molecule has 0 fully saturated rings. The molecule has 5 nitrogen and oxygen atoms in total. The average molecular weight is 440 g/mol. The summed E-state index contributed by atoms with van der Waals surface area (Å²) in [5, 5.41) is 3.11. The van der Waals surface area contributed by atoms with Gasteiger partial charge in [-0.05, 0) is 42.8 Å². The van der Waals surface area contributed by atoms with Gasteiger partial charge in [-0.2, -0.15) is 0 Å². The summed E-state index contributed by atoms with van der Waals surface area (Å²) in [4.78, 5) is 26.3. The molecule has 0 aliphatic rings. The number of carbonyl (C=O) groups is 2.